The molecule has 2 aromatic rings. The second-order valence-corrected chi connectivity index (χ2v) is 6.06. The van der Waals surface area contributed by atoms with Crippen molar-refractivity contribution in [1.82, 2.24) is 10.6 Å². The second kappa shape index (κ2) is 8.55. The Morgan fingerprint density at radius 1 is 1.25 bits per heavy atom. The van der Waals surface area contributed by atoms with Crippen molar-refractivity contribution < 1.29 is 14.3 Å². The van der Waals surface area contributed by atoms with Gasteiger partial charge in [-0.15, -0.1) is 0 Å². The molecule has 5 heteroatoms. The molecule has 3 N–H and O–H groups in total. The zero-order valence-electron chi connectivity index (χ0n) is 14.5. The lowest BCUT2D eigenvalue weighted by atomic mass is 9.96. The van der Waals surface area contributed by atoms with Crippen LogP contribution in [0.25, 0.3) is 0 Å². The fraction of sp³-hybridized carbons (Fsp3) is 0.421. The molecule has 5 nitrogen and oxygen atoms in total. The van der Waals surface area contributed by atoms with Gasteiger partial charge in [0.1, 0.15) is 11.5 Å². The van der Waals surface area contributed by atoms with Crippen LogP contribution >= 0.6 is 0 Å². The van der Waals surface area contributed by atoms with E-state index in [-0.39, 0.29) is 24.6 Å². The van der Waals surface area contributed by atoms with Crippen molar-refractivity contribution in [3.05, 3.63) is 59.0 Å². The lowest BCUT2D eigenvalue weighted by molar-refractivity contribution is 0.234. The monoisotopic (exact) mass is 330 g/mol. The highest BCUT2D eigenvalue weighted by atomic mass is 16.3. The maximum Gasteiger partial charge on any atom is 0.315 e. The summed E-state index contributed by atoms with van der Waals surface area (Å²) in [5.74, 6) is 1.75. The fourth-order valence-corrected chi connectivity index (χ4v) is 2.89. The first-order valence-electron chi connectivity index (χ1n) is 8.28. The van der Waals surface area contributed by atoms with E-state index in [1.54, 1.807) is 0 Å². The molecule has 2 atom stereocenters. The maximum atomic E-state index is 12.2. The third-order valence-corrected chi connectivity index (χ3v) is 4.15. The third-order valence-electron chi connectivity index (χ3n) is 4.15. The summed E-state index contributed by atoms with van der Waals surface area (Å²) < 4.78 is 5.51. The largest absolute Gasteiger partial charge is 0.466 e. The van der Waals surface area contributed by atoms with Gasteiger partial charge in [-0.3, -0.25) is 0 Å². The molecule has 24 heavy (non-hydrogen) atoms. The average molecular weight is 330 g/mol. The number of benzene rings is 1. The van der Waals surface area contributed by atoms with Crippen LogP contribution in [0.1, 0.15) is 48.0 Å². The van der Waals surface area contributed by atoms with E-state index >= 15 is 0 Å². The van der Waals surface area contributed by atoms with Crippen molar-refractivity contribution >= 4 is 6.03 Å². The molecule has 2 amide bonds. The van der Waals surface area contributed by atoms with Gasteiger partial charge in [0.2, 0.25) is 0 Å². The van der Waals surface area contributed by atoms with Crippen LogP contribution in [0.3, 0.4) is 0 Å². The van der Waals surface area contributed by atoms with Crippen molar-refractivity contribution in [1.29, 1.82) is 0 Å². The number of aliphatic hydroxyl groups is 1. The van der Waals surface area contributed by atoms with Gasteiger partial charge in [0.15, 0.2) is 0 Å². The molecule has 1 aromatic carbocycles. The number of carbonyl (C=O) groups excluding carboxylic acids is 1. The summed E-state index contributed by atoms with van der Waals surface area (Å²) in [6.07, 6.45) is 0.611. The summed E-state index contributed by atoms with van der Waals surface area (Å²) in [5.41, 5.74) is 2.10. The number of amides is 2. The first kappa shape index (κ1) is 18.1. The van der Waals surface area contributed by atoms with Gasteiger partial charge in [0.05, 0.1) is 6.04 Å². The van der Waals surface area contributed by atoms with Gasteiger partial charge in [-0.25, -0.2) is 4.79 Å². The van der Waals surface area contributed by atoms with Crippen LogP contribution in [0.4, 0.5) is 4.79 Å². The molecule has 1 heterocycles. The lowest BCUT2D eigenvalue weighted by Crippen LogP contribution is -2.39. The Bertz CT molecular complexity index is 652. The first-order valence-corrected chi connectivity index (χ1v) is 8.28. The Morgan fingerprint density at radius 2 is 1.96 bits per heavy atom. The maximum absolute atomic E-state index is 12.2. The lowest BCUT2D eigenvalue weighted by Gasteiger charge is -2.19. The van der Waals surface area contributed by atoms with Crippen LogP contribution in [0, 0.1) is 13.8 Å². The zero-order chi connectivity index (χ0) is 17.5. The number of hydrogen-bond donors (Lipinski definition) is 3. The molecule has 0 bridgehead atoms. The highest BCUT2D eigenvalue weighted by Gasteiger charge is 2.16. The highest BCUT2D eigenvalue weighted by molar-refractivity contribution is 5.74. The van der Waals surface area contributed by atoms with E-state index in [4.69, 9.17) is 4.42 Å². The molecule has 0 spiro atoms. The minimum absolute atomic E-state index is 0.0900. The Morgan fingerprint density at radius 3 is 2.54 bits per heavy atom. The number of nitrogens with one attached hydrogen (secondary N) is 2. The number of furan rings is 1. The van der Waals surface area contributed by atoms with Crippen molar-refractivity contribution in [3.8, 4) is 0 Å². The SMILES string of the molecule is Cc1cc(C(C)NC(=O)NCC(CCO)c2ccccc2)c(C)o1. The summed E-state index contributed by atoms with van der Waals surface area (Å²) in [7, 11) is 0. The van der Waals surface area contributed by atoms with Crippen LogP contribution in [0.15, 0.2) is 40.8 Å². The molecule has 0 saturated carbocycles. The Kier molecular flexibility index (Phi) is 6.44. The molecule has 0 aliphatic heterocycles. The van der Waals surface area contributed by atoms with E-state index in [0.29, 0.717) is 13.0 Å². The number of aliphatic hydroxyl groups excluding tert-OH is 1. The molecule has 0 radical (unpaired) electrons. The van der Waals surface area contributed by atoms with Gasteiger partial charge in [-0.05, 0) is 38.8 Å². The fourth-order valence-electron chi connectivity index (χ4n) is 2.89. The Labute approximate surface area is 143 Å². The number of rotatable bonds is 7. The number of aryl methyl sites for hydroxylation is 2. The molecule has 0 aliphatic carbocycles. The van der Waals surface area contributed by atoms with Crippen molar-refractivity contribution in [2.24, 2.45) is 0 Å². The summed E-state index contributed by atoms with van der Waals surface area (Å²) in [6.45, 7) is 6.28. The van der Waals surface area contributed by atoms with E-state index in [2.05, 4.69) is 10.6 Å². The predicted molar refractivity (Wildman–Crippen MR) is 94.0 cm³/mol. The van der Waals surface area contributed by atoms with Crippen LogP contribution in [-0.2, 0) is 0 Å². The normalized spacial score (nSPS) is 13.3. The summed E-state index contributed by atoms with van der Waals surface area (Å²) in [5, 5.41) is 15.1. The predicted octanol–water partition coefficient (Wildman–Crippen LogP) is 3.42. The van der Waals surface area contributed by atoms with Crippen LogP contribution in [0.5, 0.6) is 0 Å². The number of urea groups is 1. The number of carbonyl (C=O) groups is 1. The topological polar surface area (TPSA) is 74.5 Å². The first-order chi connectivity index (χ1) is 11.5. The molecule has 0 saturated heterocycles. The number of hydrogen-bond acceptors (Lipinski definition) is 3. The van der Waals surface area contributed by atoms with Crippen LogP contribution < -0.4 is 10.6 Å². The van der Waals surface area contributed by atoms with Crippen molar-refractivity contribution in [2.75, 3.05) is 13.2 Å². The molecule has 2 unspecified atom stereocenters. The molecule has 130 valence electrons. The van der Waals surface area contributed by atoms with E-state index < -0.39 is 0 Å². The Balaban J connectivity index is 1.90. The zero-order valence-corrected chi connectivity index (χ0v) is 14.5. The van der Waals surface area contributed by atoms with E-state index in [1.807, 2.05) is 57.2 Å². The third kappa shape index (κ3) is 4.86. The van der Waals surface area contributed by atoms with Gasteiger partial charge in [-0.1, -0.05) is 30.3 Å². The van der Waals surface area contributed by atoms with Gasteiger partial charge in [0.25, 0.3) is 0 Å². The molecular weight excluding hydrogens is 304 g/mol. The quantitative estimate of drug-likeness (QED) is 0.728. The molecule has 2 rings (SSSR count). The van der Waals surface area contributed by atoms with Gasteiger partial charge < -0.3 is 20.2 Å². The van der Waals surface area contributed by atoms with Crippen molar-refractivity contribution in [3.63, 3.8) is 0 Å². The van der Waals surface area contributed by atoms with Gasteiger partial charge in [0, 0.05) is 24.6 Å². The average Bonchev–Trinajstić information content (AvgIpc) is 2.91. The van der Waals surface area contributed by atoms with Crippen LogP contribution in [0.2, 0.25) is 0 Å². The summed E-state index contributed by atoms with van der Waals surface area (Å²) in [6, 6.07) is 11.5. The molecular formula is C19H26N2O3. The molecule has 1 aromatic heterocycles. The van der Waals surface area contributed by atoms with E-state index in [0.717, 1.165) is 22.6 Å². The molecule has 0 aliphatic rings. The Hall–Kier alpha value is -2.27. The smallest absolute Gasteiger partial charge is 0.315 e. The van der Waals surface area contributed by atoms with E-state index in [1.165, 1.54) is 0 Å². The van der Waals surface area contributed by atoms with Gasteiger partial charge in [-0.2, -0.15) is 0 Å². The summed E-state index contributed by atoms with van der Waals surface area (Å²) >= 11 is 0. The minimum Gasteiger partial charge on any atom is -0.466 e. The summed E-state index contributed by atoms with van der Waals surface area (Å²) in [4.78, 5) is 12.2. The molecule has 0 fully saturated rings. The van der Waals surface area contributed by atoms with E-state index in [9.17, 15) is 9.90 Å². The van der Waals surface area contributed by atoms with Crippen molar-refractivity contribution in [2.45, 2.75) is 39.2 Å². The standard InChI is InChI=1S/C19H26N2O3/c1-13-11-18(15(3)24-13)14(2)21-19(23)20-12-17(9-10-22)16-7-5-4-6-8-16/h4-8,11,14,17,22H,9-10,12H2,1-3H3,(H2,20,21,23). The minimum atomic E-state index is -0.223. The van der Waals surface area contributed by atoms with Crippen LogP contribution in [-0.4, -0.2) is 24.3 Å². The second-order valence-electron chi connectivity index (χ2n) is 6.06. The van der Waals surface area contributed by atoms with Gasteiger partial charge >= 0.3 is 6.03 Å². The highest BCUT2D eigenvalue weighted by Crippen LogP contribution is 2.21.